The molecule has 152 valence electrons. The van der Waals surface area contributed by atoms with Crippen LogP contribution in [0.15, 0.2) is 36.4 Å². The van der Waals surface area contributed by atoms with Crippen LogP contribution >= 0.6 is 0 Å². The molecule has 1 aliphatic rings. The van der Waals surface area contributed by atoms with Crippen molar-refractivity contribution < 1.29 is 22.7 Å². The van der Waals surface area contributed by atoms with Crippen LogP contribution in [0.2, 0.25) is 0 Å². The van der Waals surface area contributed by atoms with Crippen LogP contribution in [-0.2, 0) is 4.79 Å². The van der Waals surface area contributed by atoms with Crippen molar-refractivity contribution in [2.75, 3.05) is 6.61 Å². The Morgan fingerprint density at radius 2 is 1.96 bits per heavy atom. The van der Waals surface area contributed by atoms with E-state index < -0.39 is 23.7 Å². The van der Waals surface area contributed by atoms with E-state index in [-0.39, 0.29) is 12.0 Å². The van der Waals surface area contributed by atoms with Gasteiger partial charge < -0.3 is 4.74 Å². The van der Waals surface area contributed by atoms with Gasteiger partial charge in [0.2, 0.25) is 5.91 Å². The maximum atomic E-state index is 14.1. The Bertz CT molecular complexity index is 864. The summed E-state index contributed by atoms with van der Waals surface area (Å²) in [6.45, 7) is 5.72. The van der Waals surface area contributed by atoms with E-state index in [0.29, 0.717) is 17.7 Å². The smallest absolute Gasteiger partial charge is 0.409 e. The highest BCUT2D eigenvalue weighted by Gasteiger charge is 2.53. The van der Waals surface area contributed by atoms with Gasteiger partial charge in [-0.05, 0) is 43.4 Å². The summed E-state index contributed by atoms with van der Waals surface area (Å²) in [5, 5.41) is 2.46. The molecule has 0 bridgehead atoms. The first-order valence-corrected chi connectivity index (χ1v) is 9.44. The molecule has 7 heteroatoms. The van der Waals surface area contributed by atoms with Crippen molar-refractivity contribution in [1.29, 1.82) is 0 Å². The van der Waals surface area contributed by atoms with Gasteiger partial charge in [0.1, 0.15) is 5.75 Å². The fourth-order valence-corrected chi connectivity index (χ4v) is 3.60. The van der Waals surface area contributed by atoms with E-state index >= 15 is 0 Å². The van der Waals surface area contributed by atoms with Crippen LogP contribution in [-0.4, -0.2) is 29.2 Å². The fourth-order valence-electron chi connectivity index (χ4n) is 3.60. The average Bonchev–Trinajstić information content (AvgIpc) is 2.86. The zero-order chi connectivity index (χ0) is 20.5. The van der Waals surface area contributed by atoms with E-state index in [9.17, 15) is 18.0 Å². The van der Waals surface area contributed by atoms with E-state index in [1.165, 1.54) is 12.1 Å². The predicted octanol–water partition coefficient (Wildman–Crippen LogP) is 5.14. The molecule has 1 unspecified atom stereocenters. The zero-order valence-electron chi connectivity index (χ0n) is 16.3. The third kappa shape index (κ3) is 4.09. The second kappa shape index (κ2) is 7.62. The molecule has 2 aromatic carbocycles. The molecule has 1 amide bonds. The number of amides is 1. The minimum absolute atomic E-state index is 0.00696. The van der Waals surface area contributed by atoms with Crippen LogP contribution in [0.3, 0.4) is 0 Å². The lowest BCUT2D eigenvalue weighted by Gasteiger charge is -2.38. The number of fused-ring (bicyclic) bond motifs is 1. The van der Waals surface area contributed by atoms with Gasteiger partial charge in [0.15, 0.2) is 6.04 Å². The monoisotopic (exact) mass is 394 g/mol. The van der Waals surface area contributed by atoms with Gasteiger partial charge in [-0.15, -0.1) is 0 Å². The van der Waals surface area contributed by atoms with Gasteiger partial charge in [-0.3, -0.25) is 10.2 Å². The summed E-state index contributed by atoms with van der Waals surface area (Å²) in [6.07, 6.45) is -2.82. The molecule has 0 saturated carbocycles. The van der Waals surface area contributed by atoms with E-state index in [4.69, 9.17) is 4.74 Å². The second-order valence-corrected chi connectivity index (χ2v) is 7.78. The lowest BCUT2D eigenvalue weighted by molar-refractivity contribution is -0.203. The normalized spacial score (nSPS) is 18.3. The van der Waals surface area contributed by atoms with E-state index in [2.05, 4.69) is 5.43 Å². The summed E-state index contributed by atoms with van der Waals surface area (Å²) in [5.74, 6) is 0.0126. The fraction of sp³-hybridized carbons (Fsp3) is 0.476. The molecule has 2 aromatic rings. The number of carbonyl (C=O) groups excluding carboxylic acids is 1. The molecule has 3 rings (SSSR count). The van der Waals surface area contributed by atoms with Crippen LogP contribution in [0.4, 0.5) is 13.2 Å². The molecule has 1 heterocycles. The molecule has 1 fully saturated rings. The zero-order valence-corrected chi connectivity index (χ0v) is 16.3. The summed E-state index contributed by atoms with van der Waals surface area (Å²) in [6, 6.07) is 8.24. The van der Waals surface area contributed by atoms with Crippen molar-refractivity contribution in [2.24, 2.45) is 0 Å². The molecule has 1 aliphatic heterocycles. The van der Waals surface area contributed by atoms with Gasteiger partial charge in [0, 0.05) is 17.3 Å². The van der Waals surface area contributed by atoms with Crippen molar-refractivity contribution >= 4 is 16.7 Å². The number of hydrazine groups is 1. The molecule has 0 aromatic heterocycles. The first kappa shape index (κ1) is 20.5. The maximum absolute atomic E-state index is 14.1. The number of rotatable bonds is 6. The molecule has 1 atom stereocenters. The third-order valence-corrected chi connectivity index (χ3v) is 4.98. The van der Waals surface area contributed by atoms with Gasteiger partial charge in [0.05, 0.1) is 6.61 Å². The third-order valence-electron chi connectivity index (χ3n) is 4.98. The number of benzene rings is 2. The first-order valence-electron chi connectivity index (χ1n) is 9.44. The summed E-state index contributed by atoms with van der Waals surface area (Å²) in [4.78, 5) is 11.8. The Morgan fingerprint density at radius 3 is 2.57 bits per heavy atom. The largest absolute Gasteiger partial charge is 0.493 e. The molecular formula is C21H25F3N2O2. The van der Waals surface area contributed by atoms with Crippen molar-refractivity contribution in [1.82, 2.24) is 10.4 Å². The number of carbonyl (C=O) groups is 1. The van der Waals surface area contributed by atoms with Gasteiger partial charge in [0.25, 0.3) is 0 Å². The summed E-state index contributed by atoms with van der Waals surface area (Å²) >= 11 is 0. The quantitative estimate of drug-likeness (QED) is 0.690. The lowest BCUT2D eigenvalue weighted by atomic mass is 9.95. The molecule has 1 saturated heterocycles. The van der Waals surface area contributed by atoms with E-state index in [1.807, 2.05) is 19.1 Å². The Hall–Kier alpha value is -2.28. The SMILES string of the molecule is CCCCOc1cc(C(N2NC(=O)CC2(C)C)C(F)(F)F)cc2ccccc12. The van der Waals surface area contributed by atoms with Gasteiger partial charge in [-0.2, -0.15) is 18.2 Å². The van der Waals surface area contributed by atoms with Gasteiger partial charge >= 0.3 is 6.18 Å². The topological polar surface area (TPSA) is 41.6 Å². The van der Waals surface area contributed by atoms with Crippen LogP contribution < -0.4 is 10.2 Å². The van der Waals surface area contributed by atoms with Crippen molar-refractivity contribution in [3.63, 3.8) is 0 Å². The highest BCUT2D eigenvalue weighted by Crippen LogP contribution is 2.44. The van der Waals surface area contributed by atoms with E-state index in [0.717, 1.165) is 23.2 Å². The summed E-state index contributed by atoms with van der Waals surface area (Å²) < 4.78 is 48.2. The Kier molecular flexibility index (Phi) is 5.57. The Balaban J connectivity index is 2.11. The number of nitrogens with one attached hydrogen (secondary N) is 1. The summed E-state index contributed by atoms with van der Waals surface area (Å²) in [7, 11) is 0. The Labute approximate surface area is 162 Å². The van der Waals surface area contributed by atoms with Crippen molar-refractivity contribution in [3.05, 3.63) is 42.0 Å². The molecule has 0 spiro atoms. The van der Waals surface area contributed by atoms with Crippen LogP contribution in [0.25, 0.3) is 10.8 Å². The van der Waals surface area contributed by atoms with Crippen LogP contribution in [0.1, 0.15) is 51.6 Å². The van der Waals surface area contributed by atoms with Crippen molar-refractivity contribution in [3.8, 4) is 5.75 Å². The highest BCUT2D eigenvalue weighted by molar-refractivity contribution is 5.89. The second-order valence-electron chi connectivity index (χ2n) is 7.78. The van der Waals surface area contributed by atoms with Gasteiger partial charge in [-0.1, -0.05) is 37.6 Å². The number of hydrogen-bond acceptors (Lipinski definition) is 3. The van der Waals surface area contributed by atoms with Crippen molar-refractivity contribution in [2.45, 2.75) is 57.8 Å². The van der Waals surface area contributed by atoms with E-state index in [1.54, 1.807) is 26.0 Å². The number of nitrogens with zero attached hydrogens (tertiary/aromatic N) is 1. The molecule has 28 heavy (non-hydrogen) atoms. The number of ether oxygens (including phenoxy) is 1. The minimum Gasteiger partial charge on any atom is -0.493 e. The highest BCUT2D eigenvalue weighted by atomic mass is 19.4. The number of unbranched alkanes of at least 4 members (excludes halogenated alkanes) is 1. The first-order chi connectivity index (χ1) is 13.1. The molecule has 1 N–H and O–H groups in total. The number of alkyl halides is 3. The number of hydrogen-bond donors (Lipinski definition) is 1. The molecule has 0 aliphatic carbocycles. The lowest BCUT2D eigenvalue weighted by Crippen LogP contribution is -2.51. The molecule has 4 nitrogen and oxygen atoms in total. The summed E-state index contributed by atoms with van der Waals surface area (Å²) in [5.41, 5.74) is 1.49. The molecular weight excluding hydrogens is 369 g/mol. The van der Waals surface area contributed by atoms with Crippen LogP contribution in [0, 0.1) is 0 Å². The average molecular weight is 394 g/mol. The maximum Gasteiger partial charge on any atom is 0.409 e. The molecule has 0 radical (unpaired) electrons. The predicted molar refractivity (Wildman–Crippen MR) is 102 cm³/mol. The van der Waals surface area contributed by atoms with Crippen LogP contribution in [0.5, 0.6) is 5.75 Å². The van der Waals surface area contributed by atoms with Gasteiger partial charge in [-0.25, -0.2) is 0 Å². The number of halogens is 3. The Morgan fingerprint density at radius 1 is 1.25 bits per heavy atom. The standard InChI is InChI=1S/C21H25F3N2O2/c1-4-5-10-28-17-12-15(11-14-8-6-7-9-16(14)17)19(21(22,23)24)26-20(2,3)13-18(27)25-26/h6-9,11-12,19H,4-5,10,13H2,1-3H3,(H,25,27). The minimum atomic E-state index is -4.57.